The average molecular weight is 456 g/mol. The quantitative estimate of drug-likeness (QED) is 0.249. The SMILES string of the molecule is CCC(=C(c1ccncc1)c1ccc(OCCNCC=CC(=O)N(C)C)cc1)c1ccccc1. The van der Waals surface area contributed by atoms with Crippen LogP contribution in [0, 0.1) is 0 Å². The molecule has 0 fully saturated rings. The van der Waals surface area contributed by atoms with Gasteiger partial charge >= 0.3 is 0 Å². The number of amides is 1. The van der Waals surface area contributed by atoms with Crippen LogP contribution in [0.5, 0.6) is 5.75 Å². The van der Waals surface area contributed by atoms with E-state index in [1.165, 1.54) is 16.7 Å². The highest BCUT2D eigenvalue weighted by Crippen LogP contribution is 2.34. The second kappa shape index (κ2) is 13.1. The molecule has 0 unspecified atom stereocenters. The molecular weight excluding hydrogens is 422 g/mol. The Morgan fingerprint density at radius 2 is 1.62 bits per heavy atom. The molecule has 1 N–H and O–H groups in total. The standard InChI is InChI=1S/C29H33N3O2/c1-4-27(23-9-6-5-7-10-23)29(25-16-19-31-20-17-25)24-12-14-26(15-13-24)34-22-21-30-18-8-11-28(33)32(2)3/h5-17,19-20,30H,4,18,21-22H2,1-3H3. The van der Waals surface area contributed by atoms with Crippen molar-refractivity contribution in [2.24, 2.45) is 0 Å². The smallest absolute Gasteiger partial charge is 0.245 e. The summed E-state index contributed by atoms with van der Waals surface area (Å²) < 4.78 is 5.90. The van der Waals surface area contributed by atoms with Gasteiger partial charge in [0.2, 0.25) is 5.91 Å². The van der Waals surface area contributed by atoms with Crippen molar-refractivity contribution in [3.05, 3.63) is 108 Å². The number of allylic oxidation sites excluding steroid dienone is 1. The Labute approximate surface area is 202 Å². The highest BCUT2D eigenvalue weighted by atomic mass is 16.5. The van der Waals surface area contributed by atoms with Crippen molar-refractivity contribution < 1.29 is 9.53 Å². The van der Waals surface area contributed by atoms with Crippen molar-refractivity contribution in [2.45, 2.75) is 13.3 Å². The third kappa shape index (κ3) is 7.15. The maximum atomic E-state index is 11.5. The van der Waals surface area contributed by atoms with Crippen LogP contribution in [0.2, 0.25) is 0 Å². The number of nitrogens with one attached hydrogen (secondary N) is 1. The van der Waals surface area contributed by atoms with Crippen LogP contribution in [0.1, 0.15) is 30.0 Å². The summed E-state index contributed by atoms with van der Waals surface area (Å²) in [5.41, 5.74) is 6.03. The fourth-order valence-corrected chi connectivity index (χ4v) is 3.65. The Morgan fingerprint density at radius 3 is 2.26 bits per heavy atom. The number of carbonyl (C=O) groups is 1. The number of hydrogen-bond donors (Lipinski definition) is 1. The molecule has 0 bridgehead atoms. The Hall–Kier alpha value is -3.70. The molecule has 1 aromatic heterocycles. The number of ether oxygens (including phenoxy) is 1. The van der Waals surface area contributed by atoms with Crippen molar-refractivity contribution >= 4 is 17.1 Å². The van der Waals surface area contributed by atoms with Gasteiger partial charge in [0.25, 0.3) is 0 Å². The number of benzene rings is 2. The zero-order chi connectivity index (χ0) is 24.2. The summed E-state index contributed by atoms with van der Waals surface area (Å²) in [5.74, 6) is 0.813. The predicted octanol–water partition coefficient (Wildman–Crippen LogP) is 5.06. The van der Waals surface area contributed by atoms with Crippen LogP contribution in [0.25, 0.3) is 11.1 Å². The van der Waals surface area contributed by atoms with Crippen LogP contribution in [-0.4, -0.2) is 49.6 Å². The summed E-state index contributed by atoms with van der Waals surface area (Å²) in [7, 11) is 3.47. The van der Waals surface area contributed by atoms with Gasteiger partial charge in [-0.15, -0.1) is 0 Å². The molecular formula is C29H33N3O2. The molecule has 0 spiro atoms. The first-order chi connectivity index (χ1) is 16.6. The fraction of sp³-hybridized carbons (Fsp3) is 0.241. The van der Waals surface area contributed by atoms with Gasteiger partial charge in [-0.05, 0) is 58.5 Å². The molecule has 2 aromatic carbocycles. The maximum Gasteiger partial charge on any atom is 0.245 e. The monoisotopic (exact) mass is 455 g/mol. The lowest BCUT2D eigenvalue weighted by molar-refractivity contribution is -0.123. The lowest BCUT2D eigenvalue weighted by Gasteiger charge is -2.16. The highest BCUT2D eigenvalue weighted by Gasteiger charge is 2.13. The molecule has 0 saturated heterocycles. The van der Waals surface area contributed by atoms with E-state index in [0.717, 1.165) is 23.3 Å². The Kier molecular flexibility index (Phi) is 9.62. The van der Waals surface area contributed by atoms with Crippen LogP contribution in [0.15, 0.2) is 91.3 Å². The van der Waals surface area contributed by atoms with Gasteiger partial charge < -0.3 is 15.0 Å². The molecule has 0 aliphatic heterocycles. The fourth-order valence-electron chi connectivity index (χ4n) is 3.65. The number of aromatic nitrogens is 1. The second-order valence-electron chi connectivity index (χ2n) is 8.02. The molecule has 0 radical (unpaired) electrons. The lowest BCUT2D eigenvalue weighted by atomic mass is 9.88. The van der Waals surface area contributed by atoms with E-state index in [-0.39, 0.29) is 5.91 Å². The Morgan fingerprint density at radius 1 is 0.941 bits per heavy atom. The third-order valence-electron chi connectivity index (χ3n) is 5.40. The van der Waals surface area contributed by atoms with E-state index >= 15 is 0 Å². The second-order valence-corrected chi connectivity index (χ2v) is 8.02. The van der Waals surface area contributed by atoms with Gasteiger partial charge in [0.15, 0.2) is 0 Å². The van der Waals surface area contributed by atoms with Gasteiger partial charge in [0.05, 0.1) is 0 Å². The van der Waals surface area contributed by atoms with Crippen LogP contribution in [0.3, 0.4) is 0 Å². The van der Waals surface area contributed by atoms with Gasteiger partial charge in [0.1, 0.15) is 12.4 Å². The molecule has 5 nitrogen and oxygen atoms in total. The zero-order valence-corrected chi connectivity index (χ0v) is 20.2. The minimum Gasteiger partial charge on any atom is -0.492 e. The molecule has 0 aliphatic carbocycles. The summed E-state index contributed by atoms with van der Waals surface area (Å²) in [4.78, 5) is 17.2. The topological polar surface area (TPSA) is 54.5 Å². The van der Waals surface area contributed by atoms with Crippen molar-refractivity contribution in [3.63, 3.8) is 0 Å². The van der Waals surface area contributed by atoms with Gasteiger partial charge in [-0.25, -0.2) is 0 Å². The largest absolute Gasteiger partial charge is 0.492 e. The molecule has 1 heterocycles. The highest BCUT2D eigenvalue weighted by molar-refractivity contribution is 5.98. The van der Waals surface area contributed by atoms with E-state index in [9.17, 15) is 4.79 Å². The van der Waals surface area contributed by atoms with Crippen molar-refractivity contribution in [1.82, 2.24) is 15.2 Å². The number of pyridine rings is 1. The summed E-state index contributed by atoms with van der Waals surface area (Å²) in [6.07, 6.45) is 7.98. The molecule has 5 heteroatoms. The summed E-state index contributed by atoms with van der Waals surface area (Å²) >= 11 is 0. The molecule has 0 saturated carbocycles. The number of nitrogens with zero attached hydrogens (tertiary/aromatic N) is 2. The molecule has 0 aliphatic rings. The summed E-state index contributed by atoms with van der Waals surface area (Å²) in [6, 6.07) is 22.9. The summed E-state index contributed by atoms with van der Waals surface area (Å²) in [6.45, 7) is 4.06. The minimum atomic E-state index is -0.0168. The van der Waals surface area contributed by atoms with Gasteiger partial charge in [0, 0.05) is 45.7 Å². The van der Waals surface area contributed by atoms with Gasteiger partial charge in [-0.3, -0.25) is 9.78 Å². The van der Waals surface area contributed by atoms with E-state index in [4.69, 9.17) is 4.74 Å². The first kappa shape index (κ1) is 24.9. The van der Waals surface area contributed by atoms with E-state index < -0.39 is 0 Å². The average Bonchev–Trinajstić information content (AvgIpc) is 2.88. The molecule has 0 atom stereocenters. The van der Waals surface area contributed by atoms with Crippen molar-refractivity contribution in [2.75, 3.05) is 33.8 Å². The first-order valence-electron chi connectivity index (χ1n) is 11.6. The Balaban J connectivity index is 1.68. The molecule has 176 valence electrons. The van der Waals surface area contributed by atoms with Crippen molar-refractivity contribution in [1.29, 1.82) is 0 Å². The number of carbonyl (C=O) groups excluding carboxylic acids is 1. The molecule has 3 aromatic rings. The van der Waals surface area contributed by atoms with E-state index in [1.54, 1.807) is 25.1 Å². The van der Waals surface area contributed by atoms with E-state index in [2.05, 4.69) is 65.8 Å². The molecule has 3 rings (SSSR count). The van der Waals surface area contributed by atoms with Crippen LogP contribution < -0.4 is 10.1 Å². The third-order valence-corrected chi connectivity index (χ3v) is 5.40. The molecule has 34 heavy (non-hydrogen) atoms. The minimum absolute atomic E-state index is 0.0168. The Bertz CT molecular complexity index is 1090. The normalized spacial score (nSPS) is 11.9. The van der Waals surface area contributed by atoms with E-state index in [0.29, 0.717) is 19.7 Å². The maximum absolute atomic E-state index is 11.5. The van der Waals surface area contributed by atoms with Crippen LogP contribution >= 0.6 is 0 Å². The predicted molar refractivity (Wildman–Crippen MR) is 140 cm³/mol. The molecule has 1 amide bonds. The zero-order valence-electron chi connectivity index (χ0n) is 20.2. The number of rotatable bonds is 11. The van der Waals surface area contributed by atoms with E-state index in [1.807, 2.05) is 36.7 Å². The lowest BCUT2D eigenvalue weighted by Crippen LogP contribution is -2.22. The van der Waals surface area contributed by atoms with Gasteiger partial charge in [-0.1, -0.05) is 55.5 Å². The number of hydrogen-bond acceptors (Lipinski definition) is 4. The van der Waals surface area contributed by atoms with Gasteiger partial charge in [-0.2, -0.15) is 0 Å². The first-order valence-corrected chi connectivity index (χ1v) is 11.6. The van der Waals surface area contributed by atoms with Crippen LogP contribution in [0.4, 0.5) is 0 Å². The van der Waals surface area contributed by atoms with Crippen molar-refractivity contribution in [3.8, 4) is 5.75 Å². The summed E-state index contributed by atoms with van der Waals surface area (Å²) in [5, 5.41) is 3.25. The number of likely N-dealkylation sites (N-methyl/N-ethyl adjacent to an activating group) is 1. The van der Waals surface area contributed by atoms with Crippen LogP contribution in [-0.2, 0) is 4.79 Å².